The van der Waals surface area contributed by atoms with Gasteiger partial charge in [-0.3, -0.25) is 0 Å². The lowest BCUT2D eigenvalue weighted by atomic mass is 10.2. The van der Waals surface area contributed by atoms with E-state index in [2.05, 4.69) is 12.2 Å². The number of hydrogen-bond acceptors (Lipinski definition) is 5. The normalized spacial score (nSPS) is 11.0. The average molecular weight is 421 g/mol. The SMILES string of the molecule is CCCCN(Cc1ccc(OS(C)(=O)=O)cc1)C(=O)Nc1ccc(OCC)cc1. The molecule has 1 N–H and O–H groups in total. The Morgan fingerprint density at radius 3 is 2.17 bits per heavy atom. The van der Waals surface area contributed by atoms with Crippen molar-refractivity contribution in [3.63, 3.8) is 0 Å². The fourth-order valence-electron chi connectivity index (χ4n) is 2.65. The van der Waals surface area contributed by atoms with Crippen LogP contribution in [0, 0.1) is 0 Å². The van der Waals surface area contributed by atoms with Gasteiger partial charge in [-0.05, 0) is 55.3 Å². The topological polar surface area (TPSA) is 84.9 Å². The summed E-state index contributed by atoms with van der Waals surface area (Å²) in [6.07, 6.45) is 2.85. The minimum Gasteiger partial charge on any atom is -0.494 e. The molecule has 29 heavy (non-hydrogen) atoms. The van der Waals surface area contributed by atoms with E-state index in [1.54, 1.807) is 41.3 Å². The smallest absolute Gasteiger partial charge is 0.322 e. The number of rotatable bonds is 10. The van der Waals surface area contributed by atoms with Gasteiger partial charge in [0.15, 0.2) is 0 Å². The highest BCUT2D eigenvalue weighted by molar-refractivity contribution is 7.86. The molecule has 0 atom stereocenters. The zero-order valence-corrected chi connectivity index (χ0v) is 17.9. The molecular weight excluding hydrogens is 392 g/mol. The predicted molar refractivity (Wildman–Crippen MR) is 114 cm³/mol. The molecule has 0 heterocycles. The van der Waals surface area contributed by atoms with Crippen molar-refractivity contribution in [2.75, 3.05) is 24.7 Å². The van der Waals surface area contributed by atoms with Gasteiger partial charge < -0.3 is 19.1 Å². The number of amides is 2. The number of urea groups is 1. The van der Waals surface area contributed by atoms with Gasteiger partial charge >= 0.3 is 16.1 Å². The second kappa shape index (κ2) is 10.7. The number of hydrogen-bond donors (Lipinski definition) is 1. The molecule has 0 spiro atoms. The fraction of sp³-hybridized carbons (Fsp3) is 0.381. The summed E-state index contributed by atoms with van der Waals surface area (Å²) in [5.41, 5.74) is 1.57. The Kier molecular flexibility index (Phi) is 8.33. The molecule has 7 nitrogen and oxygen atoms in total. The number of unbranched alkanes of at least 4 members (excludes halogenated alkanes) is 1. The fourth-order valence-corrected chi connectivity index (χ4v) is 3.11. The zero-order chi connectivity index (χ0) is 21.3. The van der Waals surface area contributed by atoms with E-state index in [4.69, 9.17) is 8.92 Å². The second-order valence-corrected chi connectivity index (χ2v) is 8.17. The molecule has 0 saturated heterocycles. The third-order valence-electron chi connectivity index (χ3n) is 4.03. The van der Waals surface area contributed by atoms with E-state index in [0.717, 1.165) is 30.4 Å². The standard InChI is InChI=1S/C21H28N2O5S/c1-4-6-15-23(16-17-7-11-20(12-8-17)28-29(3,25)26)21(24)22-18-9-13-19(14-10-18)27-5-2/h7-14H,4-6,15-16H2,1-3H3,(H,22,24). The van der Waals surface area contributed by atoms with Crippen molar-refractivity contribution < 1.29 is 22.1 Å². The summed E-state index contributed by atoms with van der Waals surface area (Å²) in [5, 5.41) is 2.91. The summed E-state index contributed by atoms with van der Waals surface area (Å²) in [6.45, 7) is 5.59. The molecule has 0 aliphatic heterocycles. The quantitative estimate of drug-likeness (QED) is 0.581. The van der Waals surface area contributed by atoms with Crippen LogP contribution in [0.4, 0.5) is 10.5 Å². The molecule has 158 valence electrons. The molecule has 0 unspecified atom stereocenters. The van der Waals surface area contributed by atoms with Crippen LogP contribution in [0.25, 0.3) is 0 Å². The lowest BCUT2D eigenvalue weighted by molar-refractivity contribution is 0.208. The summed E-state index contributed by atoms with van der Waals surface area (Å²) in [4.78, 5) is 14.5. The Balaban J connectivity index is 2.04. The molecule has 2 amide bonds. The van der Waals surface area contributed by atoms with E-state index in [1.165, 1.54) is 0 Å². The number of carbonyl (C=O) groups excluding carboxylic acids is 1. The van der Waals surface area contributed by atoms with E-state index in [0.29, 0.717) is 25.4 Å². The molecule has 2 aromatic rings. The van der Waals surface area contributed by atoms with Crippen molar-refractivity contribution in [1.29, 1.82) is 0 Å². The maximum absolute atomic E-state index is 12.8. The Labute approximate surface area is 172 Å². The van der Waals surface area contributed by atoms with Crippen LogP contribution in [0.5, 0.6) is 11.5 Å². The van der Waals surface area contributed by atoms with Crippen LogP contribution >= 0.6 is 0 Å². The van der Waals surface area contributed by atoms with Crippen LogP contribution in [0.15, 0.2) is 48.5 Å². The van der Waals surface area contributed by atoms with Gasteiger partial charge in [-0.2, -0.15) is 8.42 Å². The highest BCUT2D eigenvalue weighted by Gasteiger charge is 2.14. The molecule has 0 radical (unpaired) electrons. The number of anilines is 1. The van der Waals surface area contributed by atoms with E-state index in [9.17, 15) is 13.2 Å². The minimum absolute atomic E-state index is 0.195. The monoisotopic (exact) mass is 420 g/mol. The highest BCUT2D eigenvalue weighted by atomic mass is 32.2. The molecule has 0 aromatic heterocycles. The van der Waals surface area contributed by atoms with E-state index >= 15 is 0 Å². The van der Waals surface area contributed by atoms with Gasteiger partial charge in [0.25, 0.3) is 0 Å². The van der Waals surface area contributed by atoms with Crippen molar-refractivity contribution >= 4 is 21.8 Å². The number of ether oxygens (including phenoxy) is 1. The molecule has 0 fully saturated rings. The first-order chi connectivity index (χ1) is 13.8. The predicted octanol–water partition coefficient (Wildman–Crippen LogP) is 4.26. The van der Waals surface area contributed by atoms with Gasteiger partial charge in [-0.25, -0.2) is 4.79 Å². The van der Waals surface area contributed by atoms with Crippen molar-refractivity contribution in [2.24, 2.45) is 0 Å². The van der Waals surface area contributed by atoms with Crippen LogP contribution in [0.1, 0.15) is 32.3 Å². The lowest BCUT2D eigenvalue weighted by Crippen LogP contribution is -2.35. The van der Waals surface area contributed by atoms with Gasteiger partial charge in [0, 0.05) is 18.8 Å². The summed E-state index contributed by atoms with van der Waals surface area (Å²) < 4.78 is 32.7. The molecular formula is C21H28N2O5S. The second-order valence-electron chi connectivity index (χ2n) is 6.59. The summed E-state index contributed by atoms with van der Waals surface area (Å²) in [6, 6.07) is 13.7. The number of nitrogens with one attached hydrogen (secondary N) is 1. The van der Waals surface area contributed by atoms with Gasteiger partial charge in [0.1, 0.15) is 11.5 Å². The first kappa shape index (κ1) is 22.5. The third kappa shape index (κ3) is 8.03. The molecule has 0 saturated carbocycles. The maximum atomic E-state index is 12.8. The van der Waals surface area contributed by atoms with Crippen molar-refractivity contribution in [2.45, 2.75) is 33.2 Å². The molecule has 8 heteroatoms. The average Bonchev–Trinajstić information content (AvgIpc) is 2.67. The summed E-state index contributed by atoms with van der Waals surface area (Å²) in [5.74, 6) is 1.000. The number of nitrogens with zero attached hydrogens (tertiary/aromatic N) is 1. The minimum atomic E-state index is -3.56. The Bertz CT molecular complexity index is 880. The summed E-state index contributed by atoms with van der Waals surface area (Å²) in [7, 11) is -3.56. The largest absolute Gasteiger partial charge is 0.494 e. The number of benzene rings is 2. The van der Waals surface area contributed by atoms with Gasteiger partial charge in [0.2, 0.25) is 0 Å². The molecule has 0 aliphatic carbocycles. The maximum Gasteiger partial charge on any atom is 0.322 e. The first-order valence-electron chi connectivity index (χ1n) is 9.58. The Morgan fingerprint density at radius 2 is 1.62 bits per heavy atom. The number of carbonyl (C=O) groups is 1. The van der Waals surface area contributed by atoms with Crippen LogP contribution in [0.3, 0.4) is 0 Å². The summed E-state index contributed by atoms with van der Waals surface area (Å²) >= 11 is 0. The molecule has 2 aromatic carbocycles. The van der Waals surface area contributed by atoms with Gasteiger partial charge in [-0.1, -0.05) is 25.5 Å². The van der Waals surface area contributed by atoms with Crippen molar-refractivity contribution in [1.82, 2.24) is 4.90 Å². The van der Waals surface area contributed by atoms with Gasteiger partial charge in [-0.15, -0.1) is 0 Å². The molecule has 0 bridgehead atoms. The first-order valence-corrected chi connectivity index (χ1v) is 11.4. The lowest BCUT2D eigenvalue weighted by Gasteiger charge is -2.23. The van der Waals surface area contributed by atoms with E-state index in [1.807, 2.05) is 19.1 Å². The van der Waals surface area contributed by atoms with Crippen LogP contribution in [0.2, 0.25) is 0 Å². The Morgan fingerprint density at radius 1 is 1.00 bits per heavy atom. The molecule has 2 rings (SSSR count). The third-order valence-corrected chi connectivity index (χ3v) is 4.52. The molecule has 0 aliphatic rings. The Hall–Kier alpha value is -2.74. The van der Waals surface area contributed by atoms with Crippen molar-refractivity contribution in [3.05, 3.63) is 54.1 Å². The van der Waals surface area contributed by atoms with E-state index < -0.39 is 10.1 Å². The van der Waals surface area contributed by atoms with Gasteiger partial charge in [0.05, 0.1) is 12.9 Å². The van der Waals surface area contributed by atoms with E-state index in [-0.39, 0.29) is 11.8 Å². The zero-order valence-electron chi connectivity index (χ0n) is 17.1. The highest BCUT2D eigenvalue weighted by Crippen LogP contribution is 2.18. The van der Waals surface area contributed by atoms with Crippen LogP contribution in [-0.2, 0) is 16.7 Å². The van der Waals surface area contributed by atoms with Crippen LogP contribution in [-0.4, -0.2) is 38.8 Å². The van der Waals surface area contributed by atoms with Crippen LogP contribution < -0.4 is 14.2 Å². The van der Waals surface area contributed by atoms with Crippen molar-refractivity contribution in [3.8, 4) is 11.5 Å².